The van der Waals surface area contributed by atoms with E-state index in [1.807, 2.05) is 31.5 Å². The summed E-state index contributed by atoms with van der Waals surface area (Å²) in [5.74, 6) is 0.886. The van der Waals surface area contributed by atoms with E-state index in [4.69, 9.17) is 0 Å². The summed E-state index contributed by atoms with van der Waals surface area (Å²) in [6.07, 6.45) is 7.61. The second-order valence-corrected chi connectivity index (χ2v) is 4.50. The van der Waals surface area contributed by atoms with Crippen LogP contribution in [0.15, 0.2) is 30.7 Å². The van der Waals surface area contributed by atoms with Gasteiger partial charge in [0, 0.05) is 24.5 Å². The van der Waals surface area contributed by atoms with Gasteiger partial charge in [0.25, 0.3) is 0 Å². The van der Waals surface area contributed by atoms with Crippen molar-refractivity contribution in [3.05, 3.63) is 42.0 Å². The second-order valence-electron chi connectivity index (χ2n) is 4.50. The van der Waals surface area contributed by atoms with Gasteiger partial charge < -0.3 is 5.32 Å². The van der Waals surface area contributed by atoms with Gasteiger partial charge in [-0.2, -0.15) is 10.2 Å². The van der Waals surface area contributed by atoms with Gasteiger partial charge in [-0.05, 0) is 31.4 Å². The van der Waals surface area contributed by atoms with Gasteiger partial charge in [0.2, 0.25) is 0 Å². The third kappa shape index (κ3) is 2.57. The first-order chi connectivity index (χ1) is 9.33. The van der Waals surface area contributed by atoms with Crippen LogP contribution in [0.1, 0.15) is 17.7 Å². The fourth-order valence-electron chi connectivity index (χ4n) is 2.03. The number of hydrogen-bond donors (Lipinski definition) is 2. The van der Waals surface area contributed by atoms with Crippen LogP contribution in [-0.4, -0.2) is 31.3 Å². The molecular weight excluding hydrogens is 240 g/mol. The Labute approximate surface area is 110 Å². The molecule has 0 saturated heterocycles. The summed E-state index contributed by atoms with van der Waals surface area (Å²) in [4.78, 5) is 4.46. The first-order valence-corrected chi connectivity index (χ1v) is 6.36. The molecule has 0 aliphatic carbocycles. The zero-order chi connectivity index (χ0) is 13.1. The topological polar surface area (TPSA) is 70.9 Å². The van der Waals surface area contributed by atoms with Gasteiger partial charge in [0.05, 0.1) is 12.4 Å². The molecule has 3 heterocycles. The summed E-state index contributed by atoms with van der Waals surface area (Å²) in [6.45, 7) is 2.94. The maximum absolute atomic E-state index is 4.46. The molecule has 6 heteroatoms. The molecule has 2 N–H and O–H groups in total. The lowest BCUT2D eigenvalue weighted by molar-refractivity contribution is 0.851. The van der Waals surface area contributed by atoms with Crippen LogP contribution in [0.5, 0.6) is 0 Å². The minimum atomic E-state index is 0.857. The molecule has 0 radical (unpaired) electrons. The van der Waals surface area contributed by atoms with Crippen LogP contribution in [0, 0.1) is 6.92 Å². The van der Waals surface area contributed by atoms with Crippen molar-refractivity contribution in [3.8, 4) is 0 Å². The van der Waals surface area contributed by atoms with Gasteiger partial charge in [-0.3, -0.25) is 5.10 Å². The highest BCUT2D eigenvalue weighted by atomic mass is 15.2. The SMILES string of the molecule is Cc1[nH]ncc1CCCNc1ccn2nccc2n1. The van der Waals surface area contributed by atoms with Crippen LogP contribution >= 0.6 is 0 Å². The molecule has 0 unspecified atom stereocenters. The number of fused-ring (bicyclic) bond motifs is 1. The lowest BCUT2D eigenvalue weighted by atomic mass is 10.1. The van der Waals surface area contributed by atoms with Crippen molar-refractivity contribution in [1.82, 2.24) is 24.8 Å². The van der Waals surface area contributed by atoms with Crippen LogP contribution in [0.2, 0.25) is 0 Å². The van der Waals surface area contributed by atoms with E-state index in [-0.39, 0.29) is 0 Å². The Balaban J connectivity index is 1.53. The number of aryl methyl sites for hydroxylation is 2. The summed E-state index contributed by atoms with van der Waals surface area (Å²) in [5.41, 5.74) is 3.29. The predicted molar refractivity (Wildman–Crippen MR) is 73.1 cm³/mol. The summed E-state index contributed by atoms with van der Waals surface area (Å²) in [5, 5.41) is 14.4. The minimum Gasteiger partial charge on any atom is -0.370 e. The van der Waals surface area contributed by atoms with Gasteiger partial charge in [-0.25, -0.2) is 9.50 Å². The predicted octanol–water partition coefficient (Wildman–Crippen LogP) is 1.81. The fraction of sp³-hybridized carbons (Fsp3) is 0.308. The molecule has 0 spiro atoms. The van der Waals surface area contributed by atoms with E-state index in [2.05, 4.69) is 25.6 Å². The molecule has 3 rings (SSSR count). The van der Waals surface area contributed by atoms with E-state index in [1.54, 1.807) is 10.7 Å². The normalized spacial score (nSPS) is 11.0. The molecular formula is C13H16N6. The number of aromatic nitrogens is 5. The van der Waals surface area contributed by atoms with Crippen molar-refractivity contribution < 1.29 is 0 Å². The number of nitrogens with zero attached hydrogens (tertiary/aromatic N) is 4. The number of anilines is 1. The Kier molecular flexibility index (Phi) is 3.14. The van der Waals surface area contributed by atoms with Crippen LogP contribution in [0.3, 0.4) is 0 Å². The molecule has 0 fully saturated rings. The highest BCUT2D eigenvalue weighted by Crippen LogP contribution is 2.08. The highest BCUT2D eigenvalue weighted by Gasteiger charge is 2.01. The first kappa shape index (κ1) is 11.7. The number of rotatable bonds is 5. The molecule has 19 heavy (non-hydrogen) atoms. The molecule has 0 bridgehead atoms. The number of H-pyrrole nitrogens is 1. The average Bonchev–Trinajstić information content (AvgIpc) is 3.03. The van der Waals surface area contributed by atoms with Crippen LogP contribution in [0.4, 0.5) is 5.82 Å². The van der Waals surface area contributed by atoms with Crippen molar-refractivity contribution in [2.45, 2.75) is 19.8 Å². The standard InChI is InChI=1S/C13H16N6/c1-10-11(9-15-18-10)3-2-6-14-12-5-8-19-13(17-12)4-7-16-19/h4-5,7-9H,2-3,6H2,1H3,(H,14,17)(H,15,18). The Bertz CT molecular complexity index is 668. The van der Waals surface area contributed by atoms with Gasteiger partial charge in [-0.1, -0.05) is 0 Å². The van der Waals surface area contributed by atoms with Crippen LogP contribution < -0.4 is 5.32 Å². The highest BCUT2D eigenvalue weighted by molar-refractivity contribution is 5.45. The molecule has 0 aliphatic heterocycles. The van der Waals surface area contributed by atoms with Crippen LogP contribution in [0.25, 0.3) is 5.65 Å². The summed E-state index contributed by atoms with van der Waals surface area (Å²) < 4.78 is 1.75. The van der Waals surface area contributed by atoms with Gasteiger partial charge >= 0.3 is 0 Å². The number of hydrogen-bond acceptors (Lipinski definition) is 4. The summed E-state index contributed by atoms with van der Waals surface area (Å²) in [7, 11) is 0. The van der Waals surface area contributed by atoms with E-state index in [1.165, 1.54) is 5.56 Å². The maximum Gasteiger partial charge on any atom is 0.157 e. The summed E-state index contributed by atoms with van der Waals surface area (Å²) >= 11 is 0. The number of aromatic amines is 1. The third-order valence-corrected chi connectivity index (χ3v) is 3.12. The van der Waals surface area contributed by atoms with E-state index < -0.39 is 0 Å². The monoisotopic (exact) mass is 256 g/mol. The largest absolute Gasteiger partial charge is 0.370 e. The molecule has 0 amide bonds. The van der Waals surface area contributed by atoms with Crippen molar-refractivity contribution in [2.75, 3.05) is 11.9 Å². The molecule has 0 saturated carbocycles. The van der Waals surface area contributed by atoms with E-state index >= 15 is 0 Å². The fourth-order valence-corrected chi connectivity index (χ4v) is 2.03. The molecule has 3 aromatic rings. The van der Waals surface area contributed by atoms with Crippen molar-refractivity contribution in [2.24, 2.45) is 0 Å². The Hall–Kier alpha value is -2.37. The molecule has 0 aromatic carbocycles. The molecule has 0 aliphatic rings. The second kappa shape index (κ2) is 5.09. The lowest BCUT2D eigenvalue weighted by Gasteiger charge is -2.05. The van der Waals surface area contributed by atoms with E-state index in [0.717, 1.165) is 36.5 Å². The Morgan fingerprint density at radius 1 is 1.37 bits per heavy atom. The van der Waals surface area contributed by atoms with Gasteiger partial charge in [0.1, 0.15) is 5.82 Å². The smallest absolute Gasteiger partial charge is 0.157 e. The Morgan fingerprint density at radius 2 is 2.32 bits per heavy atom. The lowest BCUT2D eigenvalue weighted by Crippen LogP contribution is -2.05. The zero-order valence-corrected chi connectivity index (χ0v) is 10.8. The van der Waals surface area contributed by atoms with E-state index in [0.29, 0.717) is 0 Å². The molecule has 98 valence electrons. The maximum atomic E-state index is 4.46. The van der Waals surface area contributed by atoms with Crippen molar-refractivity contribution in [3.63, 3.8) is 0 Å². The quantitative estimate of drug-likeness (QED) is 0.683. The summed E-state index contributed by atoms with van der Waals surface area (Å²) in [6, 6.07) is 3.82. The van der Waals surface area contributed by atoms with E-state index in [9.17, 15) is 0 Å². The van der Waals surface area contributed by atoms with Gasteiger partial charge in [-0.15, -0.1) is 0 Å². The molecule has 3 aromatic heterocycles. The number of nitrogens with one attached hydrogen (secondary N) is 2. The third-order valence-electron chi connectivity index (χ3n) is 3.12. The zero-order valence-electron chi connectivity index (χ0n) is 10.8. The molecule has 6 nitrogen and oxygen atoms in total. The Morgan fingerprint density at radius 3 is 3.16 bits per heavy atom. The van der Waals surface area contributed by atoms with Crippen molar-refractivity contribution >= 4 is 11.5 Å². The minimum absolute atomic E-state index is 0.857. The van der Waals surface area contributed by atoms with Crippen LogP contribution in [-0.2, 0) is 6.42 Å². The first-order valence-electron chi connectivity index (χ1n) is 6.36. The van der Waals surface area contributed by atoms with Gasteiger partial charge in [0.15, 0.2) is 5.65 Å². The molecule has 0 atom stereocenters. The average molecular weight is 256 g/mol. The van der Waals surface area contributed by atoms with Crippen molar-refractivity contribution in [1.29, 1.82) is 0 Å².